The van der Waals surface area contributed by atoms with Gasteiger partial charge in [-0.3, -0.25) is 9.59 Å². The molecule has 0 aliphatic heterocycles. The predicted molar refractivity (Wildman–Crippen MR) is 141 cm³/mol. The molecule has 2 aromatic carbocycles. The Morgan fingerprint density at radius 2 is 0.842 bits per heavy atom. The van der Waals surface area contributed by atoms with Gasteiger partial charge >= 0.3 is 23.9 Å². The molecule has 0 unspecified atom stereocenters. The van der Waals surface area contributed by atoms with Gasteiger partial charge in [0.05, 0.1) is 24.3 Å². The van der Waals surface area contributed by atoms with Gasteiger partial charge in [-0.05, 0) is 87.1 Å². The lowest BCUT2D eigenvalue weighted by atomic mass is 10.2. The van der Waals surface area contributed by atoms with Crippen molar-refractivity contribution < 1.29 is 38.1 Å². The van der Waals surface area contributed by atoms with E-state index in [0.29, 0.717) is 61.0 Å². The fraction of sp³-hybridized carbons (Fsp3) is 0.429. The summed E-state index contributed by atoms with van der Waals surface area (Å²) in [6, 6.07) is 13.0. The summed E-state index contributed by atoms with van der Waals surface area (Å²) in [6.07, 6.45) is 4.37. The number of nitrogens with two attached hydrogens (primary N) is 2. The zero-order valence-corrected chi connectivity index (χ0v) is 21.5. The van der Waals surface area contributed by atoms with E-state index in [1.54, 1.807) is 48.5 Å². The summed E-state index contributed by atoms with van der Waals surface area (Å²) in [4.78, 5) is 47.3. The first kappa shape index (κ1) is 30.1. The minimum absolute atomic E-state index is 0.00482. The minimum Gasteiger partial charge on any atom is -0.462 e. The van der Waals surface area contributed by atoms with Crippen LogP contribution in [0.2, 0.25) is 0 Å². The molecular formula is C28H36N2O8. The van der Waals surface area contributed by atoms with Crippen LogP contribution in [0.5, 0.6) is 0 Å². The lowest BCUT2D eigenvalue weighted by Gasteiger charge is -2.07. The third kappa shape index (κ3) is 12.8. The van der Waals surface area contributed by atoms with E-state index in [2.05, 4.69) is 0 Å². The van der Waals surface area contributed by atoms with Gasteiger partial charge in [-0.1, -0.05) is 0 Å². The molecule has 0 amide bonds. The average molecular weight is 529 g/mol. The van der Waals surface area contributed by atoms with E-state index in [1.807, 2.05) is 0 Å². The van der Waals surface area contributed by atoms with Gasteiger partial charge in [0.25, 0.3) is 0 Å². The highest BCUT2D eigenvalue weighted by molar-refractivity contribution is 5.90. The normalized spacial score (nSPS) is 10.4. The summed E-state index contributed by atoms with van der Waals surface area (Å²) in [7, 11) is 0. The van der Waals surface area contributed by atoms with Crippen molar-refractivity contribution in [2.75, 3.05) is 37.9 Å². The third-order valence-electron chi connectivity index (χ3n) is 5.42. The molecule has 0 aromatic heterocycles. The number of rotatable bonds is 17. The van der Waals surface area contributed by atoms with Crippen LogP contribution < -0.4 is 11.5 Å². The maximum atomic E-state index is 11.9. The van der Waals surface area contributed by atoms with Crippen LogP contribution in [-0.4, -0.2) is 50.3 Å². The molecule has 0 bridgehead atoms. The monoisotopic (exact) mass is 528 g/mol. The summed E-state index contributed by atoms with van der Waals surface area (Å²) >= 11 is 0. The van der Waals surface area contributed by atoms with E-state index in [9.17, 15) is 19.2 Å². The fourth-order valence-corrected chi connectivity index (χ4v) is 3.29. The van der Waals surface area contributed by atoms with Gasteiger partial charge in [0.2, 0.25) is 0 Å². The number of carbonyl (C=O) groups is 4. The number of esters is 4. The summed E-state index contributed by atoms with van der Waals surface area (Å²) in [5.74, 6) is -1.55. The van der Waals surface area contributed by atoms with Gasteiger partial charge in [-0.25, -0.2) is 9.59 Å². The number of hydrogen-bond donors (Lipinski definition) is 2. The molecule has 0 heterocycles. The number of anilines is 2. The maximum Gasteiger partial charge on any atom is 0.338 e. The van der Waals surface area contributed by atoms with Crippen molar-refractivity contribution in [2.24, 2.45) is 0 Å². The lowest BCUT2D eigenvalue weighted by Crippen LogP contribution is -2.14. The van der Waals surface area contributed by atoms with Crippen molar-refractivity contribution in [3.8, 4) is 0 Å². The van der Waals surface area contributed by atoms with Gasteiger partial charge in [0.15, 0.2) is 0 Å². The van der Waals surface area contributed by atoms with E-state index in [0.717, 1.165) is 0 Å². The van der Waals surface area contributed by atoms with Crippen LogP contribution in [0.4, 0.5) is 11.4 Å². The van der Waals surface area contributed by atoms with Crippen LogP contribution >= 0.6 is 0 Å². The first-order valence-electron chi connectivity index (χ1n) is 12.7. The smallest absolute Gasteiger partial charge is 0.338 e. The van der Waals surface area contributed by atoms with Crippen LogP contribution in [0.25, 0.3) is 0 Å². The van der Waals surface area contributed by atoms with Gasteiger partial charge in [0, 0.05) is 24.2 Å². The van der Waals surface area contributed by atoms with E-state index >= 15 is 0 Å². The average Bonchev–Trinajstić information content (AvgIpc) is 2.91. The highest BCUT2D eigenvalue weighted by Gasteiger charge is 2.09. The summed E-state index contributed by atoms with van der Waals surface area (Å²) < 4.78 is 20.5. The Labute approximate surface area is 222 Å². The van der Waals surface area contributed by atoms with Gasteiger partial charge in [-0.15, -0.1) is 0 Å². The Hall–Kier alpha value is -4.08. The molecular weight excluding hydrogens is 492 g/mol. The first-order chi connectivity index (χ1) is 18.3. The highest BCUT2D eigenvalue weighted by atomic mass is 16.6. The number of nitrogen functional groups attached to an aromatic ring is 2. The van der Waals surface area contributed by atoms with Crippen molar-refractivity contribution in [1.29, 1.82) is 0 Å². The van der Waals surface area contributed by atoms with E-state index < -0.39 is 11.9 Å². The SMILES string of the molecule is Nc1ccc(C(=O)OCCCCCC(=O)OCCOC(=O)CCCCCOC(=O)c2ccc(N)cc2)cc1. The molecule has 206 valence electrons. The molecule has 0 atom stereocenters. The summed E-state index contributed by atoms with van der Waals surface area (Å²) in [5, 5.41) is 0. The second-order valence-corrected chi connectivity index (χ2v) is 8.58. The second-order valence-electron chi connectivity index (χ2n) is 8.58. The molecule has 0 saturated carbocycles. The lowest BCUT2D eigenvalue weighted by molar-refractivity contribution is -0.152. The van der Waals surface area contributed by atoms with Crippen LogP contribution in [0.15, 0.2) is 48.5 Å². The topological polar surface area (TPSA) is 157 Å². The van der Waals surface area contributed by atoms with Crippen molar-refractivity contribution in [1.82, 2.24) is 0 Å². The van der Waals surface area contributed by atoms with Crippen molar-refractivity contribution in [3.05, 3.63) is 59.7 Å². The van der Waals surface area contributed by atoms with Crippen LogP contribution in [0.1, 0.15) is 72.1 Å². The molecule has 0 aliphatic rings. The summed E-state index contributed by atoms with van der Waals surface area (Å²) in [6.45, 7) is 0.543. The fourth-order valence-electron chi connectivity index (χ4n) is 3.29. The molecule has 2 rings (SSSR count). The molecule has 0 saturated heterocycles. The molecule has 38 heavy (non-hydrogen) atoms. The van der Waals surface area contributed by atoms with Crippen LogP contribution in [0, 0.1) is 0 Å². The molecule has 2 aromatic rings. The third-order valence-corrected chi connectivity index (χ3v) is 5.42. The predicted octanol–water partition coefficient (Wildman–Crippen LogP) is 4.07. The first-order valence-corrected chi connectivity index (χ1v) is 12.7. The molecule has 10 nitrogen and oxygen atoms in total. The quantitative estimate of drug-likeness (QED) is 0.133. The van der Waals surface area contributed by atoms with Crippen molar-refractivity contribution in [3.63, 3.8) is 0 Å². The molecule has 0 spiro atoms. The molecule has 0 radical (unpaired) electrons. The van der Waals surface area contributed by atoms with Crippen molar-refractivity contribution >= 4 is 35.3 Å². The Kier molecular flexibility index (Phi) is 13.8. The zero-order chi connectivity index (χ0) is 27.6. The summed E-state index contributed by atoms with van der Waals surface area (Å²) in [5.41, 5.74) is 13.2. The number of benzene rings is 2. The molecule has 4 N–H and O–H groups in total. The van der Waals surface area contributed by atoms with Gasteiger partial charge in [-0.2, -0.15) is 0 Å². The largest absolute Gasteiger partial charge is 0.462 e. The number of hydrogen-bond acceptors (Lipinski definition) is 10. The van der Waals surface area contributed by atoms with Crippen molar-refractivity contribution in [2.45, 2.75) is 51.4 Å². The maximum absolute atomic E-state index is 11.9. The standard InChI is InChI=1S/C28H36N2O8/c29-23-13-9-21(10-14-23)27(33)37-17-5-1-3-7-25(31)35-19-20-36-26(32)8-4-2-6-18-38-28(34)22-11-15-24(30)16-12-22/h9-16H,1-8,17-20,29-30H2. The van der Waals surface area contributed by atoms with E-state index in [-0.39, 0.29) is 51.2 Å². The van der Waals surface area contributed by atoms with Crippen LogP contribution in [-0.2, 0) is 28.5 Å². The number of ether oxygens (including phenoxy) is 4. The van der Waals surface area contributed by atoms with Gasteiger partial charge < -0.3 is 30.4 Å². The Morgan fingerprint density at radius 3 is 1.21 bits per heavy atom. The second kappa shape index (κ2) is 17.4. The number of unbranched alkanes of at least 4 members (excludes halogenated alkanes) is 4. The highest BCUT2D eigenvalue weighted by Crippen LogP contribution is 2.10. The van der Waals surface area contributed by atoms with Crippen LogP contribution in [0.3, 0.4) is 0 Å². The number of carbonyl (C=O) groups excluding carboxylic acids is 4. The van der Waals surface area contributed by atoms with Gasteiger partial charge in [0.1, 0.15) is 13.2 Å². The Bertz CT molecular complexity index is 939. The molecule has 10 heteroatoms. The Balaban J connectivity index is 1.38. The van der Waals surface area contributed by atoms with E-state index in [1.165, 1.54) is 0 Å². The minimum atomic E-state index is -0.408. The molecule has 0 fully saturated rings. The molecule has 0 aliphatic carbocycles. The Morgan fingerprint density at radius 1 is 0.474 bits per heavy atom. The van der Waals surface area contributed by atoms with E-state index in [4.69, 9.17) is 30.4 Å². The zero-order valence-electron chi connectivity index (χ0n) is 21.5.